The second-order valence-electron chi connectivity index (χ2n) is 6.40. The molecule has 0 unspecified atom stereocenters. The highest BCUT2D eigenvalue weighted by atomic mass is 32.2. The summed E-state index contributed by atoms with van der Waals surface area (Å²) in [5.41, 5.74) is 2.24. The van der Waals surface area contributed by atoms with Gasteiger partial charge in [0, 0.05) is 0 Å². The molecule has 3 rings (SSSR count). The first-order chi connectivity index (χ1) is 13.4. The minimum absolute atomic E-state index is 0.134. The number of nitrogens with one attached hydrogen (secondary N) is 1. The van der Waals surface area contributed by atoms with E-state index in [2.05, 4.69) is 5.32 Å². The van der Waals surface area contributed by atoms with E-state index in [1.807, 2.05) is 19.9 Å². The topological polar surface area (TPSA) is 79.6 Å². The molecule has 0 radical (unpaired) electrons. The molecule has 0 bridgehead atoms. The van der Waals surface area contributed by atoms with Crippen molar-refractivity contribution in [3.8, 4) is 0 Å². The Balaban J connectivity index is 1.93. The van der Waals surface area contributed by atoms with E-state index in [-0.39, 0.29) is 18.0 Å². The minimum Gasteiger partial charge on any atom is -0.467 e. The van der Waals surface area contributed by atoms with Crippen molar-refractivity contribution in [2.75, 3.05) is 10.8 Å². The Labute approximate surface area is 164 Å². The minimum atomic E-state index is -3.91. The lowest BCUT2D eigenvalue weighted by molar-refractivity contribution is -0.119. The number of furan rings is 1. The van der Waals surface area contributed by atoms with Gasteiger partial charge in [-0.15, -0.1) is 0 Å². The van der Waals surface area contributed by atoms with Crippen LogP contribution in [0.15, 0.2) is 76.2 Å². The summed E-state index contributed by atoms with van der Waals surface area (Å²) in [4.78, 5) is 12.7. The first-order valence-corrected chi connectivity index (χ1v) is 10.3. The smallest absolute Gasteiger partial charge is 0.264 e. The molecule has 0 saturated heterocycles. The number of amides is 1. The molecule has 1 amide bonds. The van der Waals surface area contributed by atoms with Gasteiger partial charge >= 0.3 is 0 Å². The number of sulfonamides is 1. The van der Waals surface area contributed by atoms with Gasteiger partial charge in [0.2, 0.25) is 5.91 Å². The number of hydrogen-bond donors (Lipinski definition) is 1. The maximum Gasteiger partial charge on any atom is 0.264 e. The standard InChI is InChI=1S/C21H22N2O4S/c1-16-8-6-12-20(17(16)2)23(28(25,26)19-10-4-3-5-11-19)15-21(24)22-14-18-9-7-13-27-18/h3-13H,14-15H2,1-2H3,(H,22,24). The molecule has 0 aliphatic rings. The third kappa shape index (κ3) is 4.26. The molecule has 0 fully saturated rings. The third-order valence-corrected chi connectivity index (χ3v) is 6.28. The van der Waals surface area contributed by atoms with Crippen molar-refractivity contribution in [3.63, 3.8) is 0 Å². The van der Waals surface area contributed by atoms with Gasteiger partial charge in [0.15, 0.2) is 0 Å². The van der Waals surface area contributed by atoms with E-state index in [1.165, 1.54) is 18.4 Å². The summed E-state index contributed by atoms with van der Waals surface area (Å²) in [7, 11) is -3.91. The number of carbonyl (C=O) groups is 1. The van der Waals surface area contributed by atoms with Crippen LogP contribution in [0, 0.1) is 13.8 Å². The van der Waals surface area contributed by atoms with Crippen molar-refractivity contribution in [1.82, 2.24) is 5.32 Å². The van der Waals surface area contributed by atoms with Gasteiger partial charge in [-0.05, 0) is 55.3 Å². The van der Waals surface area contributed by atoms with E-state index in [9.17, 15) is 13.2 Å². The van der Waals surface area contributed by atoms with E-state index >= 15 is 0 Å². The van der Waals surface area contributed by atoms with Crippen LogP contribution in [0.4, 0.5) is 5.69 Å². The zero-order valence-electron chi connectivity index (χ0n) is 15.8. The van der Waals surface area contributed by atoms with Gasteiger partial charge in [-0.25, -0.2) is 8.42 Å². The Bertz CT molecular complexity index is 1050. The molecular formula is C21H22N2O4S. The van der Waals surface area contributed by atoms with Gasteiger partial charge in [-0.1, -0.05) is 30.3 Å². The molecule has 0 spiro atoms. The van der Waals surface area contributed by atoms with Crippen LogP contribution >= 0.6 is 0 Å². The van der Waals surface area contributed by atoms with Gasteiger partial charge in [0.1, 0.15) is 12.3 Å². The number of carbonyl (C=O) groups excluding carboxylic acids is 1. The molecule has 0 saturated carbocycles. The molecule has 28 heavy (non-hydrogen) atoms. The molecule has 3 aromatic rings. The summed E-state index contributed by atoms with van der Waals surface area (Å²) >= 11 is 0. The highest BCUT2D eigenvalue weighted by Gasteiger charge is 2.28. The van der Waals surface area contributed by atoms with E-state index in [1.54, 1.807) is 42.5 Å². The molecule has 0 aliphatic carbocycles. The Hall–Kier alpha value is -3.06. The van der Waals surface area contributed by atoms with Crippen molar-refractivity contribution in [2.45, 2.75) is 25.3 Å². The fourth-order valence-corrected chi connectivity index (χ4v) is 4.31. The van der Waals surface area contributed by atoms with Crippen LogP contribution in [0.3, 0.4) is 0 Å². The second-order valence-corrected chi connectivity index (χ2v) is 8.26. The fourth-order valence-electron chi connectivity index (χ4n) is 2.81. The predicted octanol–water partition coefficient (Wildman–Crippen LogP) is 3.41. The van der Waals surface area contributed by atoms with Crippen LogP contribution in [-0.2, 0) is 21.4 Å². The third-order valence-electron chi connectivity index (χ3n) is 4.50. The Morgan fingerprint density at radius 1 is 1.00 bits per heavy atom. The van der Waals surface area contributed by atoms with Gasteiger partial charge in [0.25, 0.3) is 10.0 Å². The summed E-state index contributed by atoms with van der Waals surface area (Å²) in [5, 5.41) is 2.70. The van der Waals surface area contributed by atoms with Crippen LogP contribution in [0.25, 0.3) is 0 Å². The number of hydrogen-bond acceptors (Lipinski definition) is 4. The molecule has 0 atom stereocenters. The van der Waals surface area contributed by atoms with Gasteiger partial charge in [-0.2, -0.15) is 0 Å². The Kier molecular flexibility index (Phi) is 5.84. The Morgan fingerprint density at radius 2 is 1.75 bits per heavy atom. The largest absolute Gasteiger partial charge is 0.467 e. The summed E-state index contributed by atoms with van der Waals surface area (Å²) < 4.78 is 32.9. The summed E-state index contributed by atoms with van der Waals surface area (Å²) in [6.07, 6.45) is 1.52. The lowest BCUT2D eigenvalue weighted by Gasteiger charge is -2.26. The van der Waals surface area contributed by atoms with Gasteiger partial charge in [-0.3, -0.25) is 9.10 Å². The van der Waals surface area contributed by atoms with Crippen LogP contribution in [0.2, 0.25) is 0 Å². The normalized spacial score (nSPS) is 11.2. The molecule has 6 nitrogen and oxygen atoms in total. The number of rotatable bonds is 7. The van der Waals surface area contributed by atoms with E-state index < -0.39 is 15.9 Å². The van der Waals surface area contributed by atoms with Crippen LogP contribution in [0.5, 0.6) is 0 Å². The lowest BCUT2D eigenvalue weighted by atomic mass is 10.1. The molecule has 0 aliphatic heterocycles. The molecule has 1 aromatic heterocycles. The Morgan fingerprint density at radius 3 is 2.43 bits per heavy atom. The highest BCUT2D eigenvalue weighted by Crippen LogP contribution is 2.28. The molecule has 1 heterocycles. The number of nitrogens with zero attached hydrogens (tertiary/aromatic N) is 1. The molecule has 2 aromatic carbocycles. The first kappa shape index (κ1) is 19.7. The van der Waals surface area contributed by atoms with E-state index in [0.717, 1.165) is 15.4 Å². The van der Waals surface area contributed by atoms with Crippen molar-refractivity contribution < 1.29 is 17.6 Å². The summed E-state index contributed by atoms with van der Waals surface area (Å²) in [6, 6.07) is 17.0. The monoisotopic (exact) mass is 398 g/mol. The van der Waals surface area contributed by atoms with Crippen LogP contribution < -0.4 is 9.62 Å². The van der Waals surface area contributed by atoms with Crippen molar-refractivity contribution in [2.24, 2.45) is 0 Å². The maximum atomic E-state index is 13.3. The number of anilines is 1. The molecule has 146 valence electrons. The van der Waals surface area contributed by atoms with Crippen molar-refractivity contribution in [3.05, 3.63) is 83.8 Å². The van der Waals surface area contributed by atoms with E-state index in [4.69, 9.17) is 4.42 Å². The van der Waals surface area contributed by atoms with Crippen LogP contribution in [-0.4, -0.2) is 20.9 Å². The average molecular weight is 398 g/mol. The zero-order valence-corrected chi connectivity index (χ0v) is 16.6. The lowest BCUT2D eigenvalue weighted by Crippen LogP contribution is -2.41. The van der Waals surface area contributed by atoms with Crippen molar-refractivity contribution in [1.29, 1.82) is 0 Å². The SMILES string of the molecule is Cc1cccc(N(CC(=O)NCc2ccco2)S(=O)(=O)c2ccccc2)c1C. The molecule has 7 heteroatoms. The molecule has 1 N–H and O–H groups in total. The van der Waals surface area contributed by atoms with Gasteiger partial charge in [0.05, 0.1) is 23.4 Å². The highest BCUT2D eigenvalue weighted by molar-refractivity contribution is 7.92. The quantitative estimate of drug-likeness (QED) is 0.661. The van der Waals surface area contributed by atoms with Crippen molar-refractivity contribution >= 4 is 21.6 Å². The first-order valence-electron chi connectivity index (χ1n) is 8.82. The summed E-state index contributed by atoms with van der Waals surface area (Å²) in [6.45, 7) is 3.61. The van der Waals surface area contributed by atoms with E-state index in [0.29, 0.717) is 11.4 Å². The number of aryl methyl sites for hydroxylation is 1. The fraction of sp³-hybridized carbons (Fsp3) is 0.190. The second kappa shape index (κ2) is 8.31. The van der Waals surface area contributed by atoms with Gasteiger partial charge < -0.3 is 9.73 Å². The summed E-state index contributed by atoms with van der Waals surface area (Å²) in [5.74, 6) is 0.175. The molecular weight excluding hydrogens is 376 g/mol. The number of benzene rings is 2. The average Bonchev–Trinajstić information content (AvgIpc) is 3.21. The predicted molar refractivity (Wildman–Crippen MR) is 107 cm³/mol. The zero-order chi connectivity index (χ0) is 20.1. The van der Waals surface area contributed by atoms with Crippen LogP contribution in [0.1, 0.15) is 16.9 Å². The maximum absolute atomic E-state index is 13.3.